The Morgan fingerprint density at radius 1 is 1.17 bits per heavy atom. The maximum atomic E-state index is 12.3. The lowest BCUT2D eigenvalue weighted by molar-refractivity contribution is -0.131. The molecule has 23 heavy (non-hydrogen) atoms. The summed E-state index contributed by atoms with van der Waals surface area (Å²) in [4.78, 5) is 10.5. The van der Waals surface area contributed by atoms with Crippen molar-refractivity contribution in [2.75, 3.05) is 4.72 Å². The second-order valence-electron chi connectivity index (χ2n) is 4.81. The van der Waals surface area contributed by atoms with Crippen LogP contribution in [0.3, 0.4) is 0 Å². The van der Waals surface area contributed by atoms with Crippen molar-refractivity contribution in [2.24, 2.45) is 0 Å². The van der Waals surface area contributed by atoms with Crippen LogP contribution >= 0.6 is 11.6 Å². The number of nitrogens with one attached hydrogen (secondary N) is 1. The van der Waals surface area contributed by atoms with Crippen LogP contribution in [-0.2, 0) is 14.8 Å². The summed E-state index contributed by atoms with van der Waals surface area (Å²) < 4.78 is 27.1. The van der Waals surface area contributed by atoms with Crippen molar-refractivity contribution in [3.05, 3.63) is 64.7 Å². The quantitative estimate of drug-likeness (QED) is 0.807. The molecule has 0 spiro atoms. The molecule has 7 heteroatoms. The molecule has 0 aliphatic heterocycles. The van der Waals surface area contributed by atoms with E-state index in [-0.39, 0.29) is 4.90 Å². The first-order chi connectivity index (χ1) is 10.8. The maximum absolute atomic E-state index is 12.3. The molecule has 0 atom stereocenters. The Labute approximate surface area is 139 Å². The highest BCUT2D eigenvalue weighted by Gasteiger charge is 2.14. The summed E-state index contributed by atoms with van der Waals surface area (Å²) in [6.45, 7) is 1.82. The standard InChI is InChI=1S/C16H14ClNO4S/c1-11-2-6-13(10-15(11)17)18-23(21,22)14-7-3-12(4-8-14)5-9-16(19)20/h2-10,18H,1H3,(H,19,20)/b9-5+. The summed E-state index contributed by atoms with van der Waals surface area (Å²) in [7, 11) is -3.74. The third-order valence-corrected chi connectivity index (χ3v) is 4.84. The molecule has 0 radical (unpaired) electrons. The predicted octanol–water partition coefficient (Wildman–Crippen LogP) is 3.55. The molecule has 0 aromatic heterocycles. The van der Waals surface area contributed by atoms with Gasteiger partial charge in [0.1, 0.15) is 0 Å². The largest absolute Gasteiger partial charge is 0.478 e. The fraction of sp³-hybridized carbons (Fsp3) is 0.0625. The van der Waals surface area contributed by atoms with Crippen molar-refractivity contribution in [1.82, 2.24) is 0 Å². The third kappa shape index (κ3) is 4.58. The van der Waals surface area contributed by atoms with Crippen molar-refractivity contribution in [3.63, 3.8) is 0 Å². The molecule has 2 rings (SSSR count). The average Bonchev–Trinajstić information content (AvgIpc) is 2.49. The zero-order chi connectivity index (χ0) is 17.0. The second-order valence-corrected chi connectivity index (χ2v) is 6.90. The van der Waals surface area contributed by atoms with E-state index in [2.05, 4.69) is 4.72 Å². The summed E-state index contributed by atoms with van der Waals surface area (Å²) in [5.41, 5.74) is 1.81. The zero-order valence-electron chi connectivity index (χ0n) is 12.2. The van der Waals surface area contributed by atoms with E-state index >= 15 is 0 Å². The normalized spacial score (nSPS) is 11.6. The van der Waals surface area contributed by atoms with Gasteiger partial charge in [-0.3, -0.25) is 4.72 Å². The van der Waals surface area contributed by atoms with E-state index in [4.69, 9.17) is 16.7 Å². The first kappa shape index (κ1) is 17.1. The van der Waals surface area contributed by atoms with E-state index in [0.717, 1.165) is 11.6 Å². The third-order valence-electron chi connectivity index (χ3n) is 3.03. The molecule has 0 fully saturated rings. The van der Waals surface area contributed by atoms with E-state index in [9.17, 15) is 13.2 Å². The number of halogens is 1. The zero-order valence-corrected chi connectivity index (χ0v) is 13.7. The minimum Gasteiger partial charge on any atom is -0.478 e. The monoisotopic (exact) mass is 351 g/mol. The molecule has 0 bridgehead atoms. The minimum atomic E-state index is -3.74. The maximum Gasteiger partial charge on any atom is 0.328 e. The molecule has 0 aliphatic rings. The molecule has 2 aromatic carbocycles. The number of carboxylic acids is 1. The molecule has 0 unspecified atom stereocenters. The van der Waals surface area contributed by atoms with Gasteiger partial charge in [-0.15, -0.1) is 0 Å². The molecule has 2 aromatic rings. The van der Waals surface area contributed by atoms with Gasteiger partial charge in [0.25, 0.3) is 10.0 Å². The van der Waals surface area contributed by atoms with E-state index in [1.807, 2.05) is 6.92 Å². The van der Waals surface area contributed by atoms with Crippen molar-refractivity contribution < 1.29 is 18.3 Å². The number of carbonyl (C=O) groups is 1. The molecule has 2 N–H and O–H groups in total. The van der Waals surface area contributed by atoms with Gasteiger partial charge in [0.05, 0.1) is 10.6 Å². The summed E-state index contributed by atoms with van der Waals surface area (Å²) in [5, 5.41) is 9.03. The summed E-state index contributed by atoms with van der Waals surface area (Å²) in [5.74, 6) is -1.07. The lowest BCUT2D eigenvalue weighted by atomic mass is 10.2. The number of anilines is 1. The number of aryl methyl sites for hydroxylation is 1. The SMILES string of the molecule is Cc1ccc(NS(=O)(=O)c2ccc(/C=C/C(=O)O)cc2)cc1Cl. The summed E-state index contributed by atoms with van der Waals surface area (Å²) in [6.07, 6.45) is 2.36. The Balaban J connectivity index is 2.22. The van der Waals surface area contributed by atoms with Gasteiger partial charge in [-0.05, 0) is 48.4 Å². The van der Waals surface area contributed by atoms with E-state index in [1.54, 1.807) is 18.2 Å². The fourth-order valence-corrected chi connectivity index (χ4v) is 3.03. The number of carboxylic acid groups (broad SMARTS) is 1. The first-order valence-corrected chi connectivity index (χ1v) is 8.44. The number of aliphatic carboxylic acids is 1. The molecule has 5 nitrogen and oxygen atoms in total. The molecule has 0 saturated carbocycles. The van der Waals surface area contributed by atoms with Crippen LogP contribution in [0, 0.1) is 6.92 Å². The second kappa shape index (κ2) is 6.85. The highest BCUT2D eigenvalue weighted by Crippen LogP contribution is 2.22. The number of hydrogen-bond acceptors (Lipinski definition) is 3. The lowest BCUT2D eigenvalue weighted by Crippen LogP contribution is -2.12. The van der Waals surface area contributed by atoms with Crippen LogP contribution in [0.4, 0.5) is 5.69 Å². The van der Waals surface area contributed by atoms with Crippen LogP contribution in [0.1, 0.15) is 11.1 Å². The lowest BCUT2D eigenvalue weighted by Gasteiger charge is -2.09. The molecule has 0 saturated heterocycles. The Morgan fingerprint density at radius 3 is 2.39 bits per heavy atom. The van der Waals surface area contributed by atoms with Crippen LogP contribution < -0.4 is 4.72 Å². The van der Waals surface area contributed by atoms with Crippen LogP contribution in [-0.4, -0.2) is 19.5 Å². The van der Waals surface area contributed by atoms with Gasteiger partial charge in [0.2, 0.25) is 0 Å². The Morgan fingerprint density at radius 2 is 1.83 bits per heavy atom. The molecule has 0 amide bonds. The highest BCUT2D eigenvalue weighted by atomic mass is 35.5. The summed E-state index contributed by atoms with van der Waals surface area (Å²) >= 11 is 5.98. The van der Waals surface area contributed by atoms with Crippen molar-refractivity contribution >= 4 is 39.4 Å². The van der Waals surface area contributed by atoms with Crippen molar-refractivity contribution in [3.8, 4) is 0 Å². The summed E-state index contributed by atoms with van der Waals surface area (Å²) in [6, 6.07) is 10.7. The topological polar surface area (TPSA) is 83.5 Å². The van der Waals surface area contributed by atoms with Crippen LogP contribution in [0.5, 0.6) is 0 Å². The molecular weight excluding hydrogens is 338 g/mol. The van der Waals surface area contributed by atoms with Crippen molar-refractivity contribution in [2.45, 2.75) is 11.8 Å². The fourth-order valence-electron chi connectivity index (χ4n) is 1.80. The number of hydrogen-bond donors (Lipinski definition) is 2. The van der Waals surface area contributed by atoms with Crippen LogP contribution in [0.25, 0.3) is 6.08 Å². The van der Waals surface area contributed by atoms with E-state index in [0.29, 0.717) is 16.3 Å². The molecule has 0 aliphatic carbocycles. The first-order valence-electron chi connectivity index (χ1n) is 6.58. The highest BCUT2D eigenvalue weighted by molar-refractivity contribution is 7.92. The van der Waals surface area contributed by atoms with Crippen LogP contribution in [0.2, 0.25) is 5.02 Å². The van der Waals surface area contributed by atoms with Crippen LogP contribution in [0.15, 0.2) is 53.4 Å². The van der Waals surface area contributed by atoms with E-state index < -0.39 is 16.0 Å². The molecule has 120 valence electrons. The van der Waals surface area contributed by atoms with Crippen molar-refractivity contribution in [1.29, 1.82) is 0 Å². The number of rotatable bonds is 5. The Hall–Kier alpha value is -2.31. The predicted molar refractivity (Wildman–Crippen MR) is 90.1 cm³/mol. The van der Waals surface area contributed by atoms with E-state index in [1.165, 1.54) is 30.3 Å². The smallest absolute Gasteiger partial charge is 0.328 e. The van der Waals surface area contributed by atoms with Gasteiger partial charge in [-0.25, -0.2) is 13.2 Å². The van der Waals surface area contributed by atoms with Gasteiger partial charge in [-0.2, -0.15) is 0 Å². The molecular formula is C16H14ClNO4S. The number of sulfonamides is 1. The van der Waals surface area contributed by atoms with Gasteiger partial charge in [0.15, 0.2) is 0 Å². The Bertz CT molecular complexity index is 858. The minimum absolute atomic E-state index is 0.0710. The number of benzene rings is 2. The van der Waals surface area contributed by atoms with Gasteiger partial charge < -0.3 is 5.11 Å². The Kier molecular flexibility index (Phi) is 5.08. The molecule has 0 heterocycles. The van der Waals surface area contributed by atoms with Gasteiger partial charge >= 0.3 is 5.97 Å². The average molecular weight is 352 g/mol. The van der Waals surface area contributed by atoms with Gasteiger partial charge in [0, 0.05) is 11.1 Å². The van der Waals surface area contributed by atoms with Gasteiger partial charge in [-0.1, -0.05) is 29.8 Å².